The van der Waals surface area contributed by atoms with Crippen LogP contribution in [0, 0.1) is 0 Å². The molecule has 0 unspecified atom stereocenters. The third-order valence-electron chi connectivity index (χ3n) is 2.93. The van der Waals surface area contributed by atoms with Crippen LogP contribution in [0.3, 0.4) is 0 Å². The quantitative estimate of drug-likeness (QED) is 0.875. The van der Waals surface area contributed by atoms with Crippen molar-refractivity contribution in [2.45, 2.75) is 19.4 Å². The predicted octanol–water partition coefficient (Wildman–Crippen LogP) is 2.09. The van der Waals surface area contributed by atoms with Crippen LogP contribution >= 0.6 is 15.9 Å². The average molecular weight is 315 g/mol. The van der Waals surface area contributed by atoms with Crippen LogP contribution in [-0.2, 0) is 4.79 Å². The van der Waals surface area contributed by atoms with Crippen molar-refractivity contribution in [3.8, 4) is 0 Å². The second-order valence-corrected chi connectivity index (χ2v) is 5.80. The van der Waals surface area contributed by atoms with Gasteiger partial charge in [-0.15, -0.1) is 0 Å². The summed E-state index contributed by atoms with van der Waals surface area (Å²) in [5.74, 6) is -0.0960. The lowest BCUT2D eigenvalue weighted by molar-refractivity contribution is -0.118. The molecule has 18 heavy (non-hydrogen) atoms. The Morgan fingerprint density at radius 1 is 1.39 bits per heavy atom. The number of halogens is 1. The lowest BCUT2D eigenvalue weighted by Gasteiger charge is -2.33. The summed E-state index contributed by atoms with van der Waals surface area (Å²) in [6.07, 6.45) is 0. The fourth-order valence-corrected chi connectivity index (χ4v) is 1.55. The Hall–Kier alpha value is -0.910. The predicted molar refractivity (Wildman–Crippen MR) is 76.6 cm³/mol. The molecule has 0 aliphatic carbocycles. The van der Waals surface area contributed by atoms with Crippen molar-refractivity contribution in [1.82, 2.24) is 4.90 Å². The number of hydrogen-bond donors (Lipinski definition) is 2. The summed E-state index contributed by atoms with van der Waals surface area (Å²) in [6, 6.07) is 7.41. The molecule has 1 aromatic rings. The molecule has 0 atom stereocenters. The number of carbonyl (C=O) groups excluding carboxylic acids is 1. The largest absolute Gasteiger partial charge is 0.394 e. The highest BCUT2D eigenvalue weighted by Gasteiger charge is 2.24. The van der Waals surface area contributed by atoms with Crippen LogP contribution in [0.2, 0.25) is 0 Å². The van der Waals surface area contributed by atoms with Crippen LogP contribution < -0.4 is 5.32 Å². The maximum absolute atomic E-state index is 11.8. The minimum Gasteiger partial charge on any atom is -0.394 e. The molecule has 1 amide bonds. The molecule has 0 spiro atoms. The normalized spacial score (nSPS) is 11.7. The van der Waals surface area contributed by atoms with Gasteiger partial charge in [-0.05, 0) is 45.2 Å². The molecule has 0 bridgehead atoms. The molecule has 4 nitrogen and oxygen atoms in total. The highest BCUT2D eigenvalue weighted by molar-refractivity contribution is 9.10. The first-order chi connectivity index (χ1) is 8.35. The van der Waals surface area contributed by atoms with Crippen LogP contribution in [0.1, 0.15) is 13.8 Å². The lowest BCUT2D eigenvalue weighted by Crippen LogP contribution is -2.47. The molecule has 0 radical (unpaired) electrons. The summed E-state index contributed by atoms with van der Waals surface area (Å²) in [4.78, 5) is 13.6. The van der Waals surface area contributed by atoms with E-state index in [0.717, 1.165) is 10.2 Å². The van der Waals surface area contributed by atoms with E-state index in [2.05, 4.69) is 21.2 Å². The van der Waals surface area contributed by atoms with Gasteiger partial charge in [0.2, 0.25) is 5.91 Å². The Labute approximate surface area is 116 Å². The zero-order valence-corrected chi connectivity index (χ0v) is 12.5. The molecule has 100 valence electrons. The molecule has 0 heterocycles. The zero-order chi connectivity index (χ0) is 13.8. The highest BCUT2D eigenvalue weighted by atomic mass is 79.9. The molecule has 0 saturated carbocycles. The SMILES string of the molecule is CN(CC(=O)Nc1ccc(Br)cc1)C(C)(C)CO. The van der Waals surface area contributed by atoms with Gasteiger partial charge in [-0.1, -0.05) is 15.9 Å². The number of benzene rings is 1. The maximum atomic E-state index is 11.8. The minimum atomic E-state index is -0.406. The number of hydrogen-bond acceptors (Lipinski definition) is 3. The number of nitrogens with zero attached hydrogens (tertiary/aromatic N) is 1. The van der Waals surface area contributed by atoms with Gasteiger partial charge in [-0.3, -0.25) is 9.69 Å². The van der Waals surface area contributed by atoms with E-state index in [1.165, 1.54) is 0 Å². The molecule has 0 aliphatic rings. The van der Waals surface area contributed by atoms with Gasteiger partial charge in [0.1, 0.15) is 0 Å². The Bertz CT molecular complexity index is 404. The number of nitrogens with one attached hydrogen (secondary N) is 1. The van der Waals surface area contributed by atoms with E-state index < -0.39 is 5.54 Å². The molecule has 0 aromatic heterocycles. The van der Waals surface area contributed by atoms with E-state index in [1.807, 2.05) is 50.1 Å². The number of carbonyl (C=O) groups is 1. The number of aliphatic hydroxyl groups is 1. The summed E-state index contributed by atoms with van der Waals surface area (Å²) in [5, 5.41) is 12.0. The maximum Gasteiger partial charge on any atom is 0.238 e. The van der Waals surface area contributed by atoms with Gasteiger partial charge in [0.25, 0.3) is 0 Å². The van der Waals surface area contributed by atoms with Gasteiger partial charge in [0.15, 0.2) is 0 Å². The van der Waals surface area contributed by atoms with E-state index in [1.54, 1.807) is 0 Å². The molecule has 1 rings (SSSR count). The van der Waals surface area contributed by atoms with Gasteiger partial charge in [-0.25, -0.2) is 0 Å². The fourth-order valence-electron chi connectivity index (χ4n) is 1.28. The van der Waals surface area contributed by atoms with Crippen LogP contribution in [-0.4, -0.2) is 41.7 Å². The summed E-state index contributed by atoms with van der Waals surface area (Å²) in [7, 11) is 1.82. The lowest BCUT2D eigenvalue weighted by atomic mass is 10.1. The van der Waals surface area contributed by atoms with Gasteiger partial charge in [0, 0.05) is 15.7 Å². The molecule has 0 aliphatic heterocycles. The van der Waals surface area contributed by atoms with Crippen LogP contribution in [0.15, 0.2) is 28.7 Å². The van der Waals surface area contributed by atoms with Crippen LogP contribution in [0.25, 0.3) is 0 Å². The second kappa shape index (κ2) is 6.31. The minimum absolute atomic E-state index is 0.00899. The number of likely N-dealkylation sites (N-methyl/N-ethyl adjacent to an activating group) is 1. The number of aliphatic hydroxyl groups excluding tert-OH is 1. The smallest absolute Gasteiger partial charge is 0.238 e. The highest BCUT2D eigenvalue weighted by Crippen LogP contribution is 2.15. The van der Waals surface area contributed by atoms with E-state index in [9.17, 15) is 9.90 Å². The third-order valence-corrected chi connectivity index (χ3v) is 3.46. The second-order valence-electron chi connectivity index (χ2n) is 4.88. The van der Waals surface area contributed by atoms with Gasteiger partial charge >= 0.3 is 0 Å². The van der Waals surface area contributed by atoms with Crippen molar-refractivity contribution in [2.75, 3.05) is 25.5 Å². The topological polar surface area (TPSA) is 52.6 Å². The summed E-state index contributed by atoms with van der Waals surface area (Å²) < 4.78 is 0.971. The molecule has 0 fully saturated rings. The molecule has 1 aromatic carbocycles. The van der Waals surface area contributed by atoms with E-state index >= 15 is 0 Å². The molecule has 2 N–H and O–H groups in total. The number of amides is 1. The Morgan fingerprint density at radius 3 is 2.44 bits per heavy atom. The Morgan fingerprint density at radius 2 is 1.94 bits per heavy atom. The molecular weight excluding hydrogens is 296 g/mol. The van der Waals surface area contributed by atoms with Crippen LogP contribution in [0.4, 0.5) is 5.69 Å². The zero-order valence-electron chi connectivity index (χ0n) is 10.9. The van der Waals surface area contributed by atoms with E-state index in [-0.39, 0.29) is 19.1 Å². The van der Waals surface area contributed by atoms with Gasteiger partial charge in [0.05, 0.1) is 13.2 Å². The molecule has 0 saturated heterocycles. The Kier molecular flexibility index (Phi) is 5.31. The number of rotatable bonds is 5. The van der Waals surface area contributed by atoms with Crippen molar-refractivity contribution in [1.29, 1.82) is 0 Å². The number of anilines is 1. The monoisotopic (exact) mass is 314 g/mol. The first kappa shape index (κ1) is 15.1. The molecular formula is C13H19BrN2O2. The summed E-state index contributed by atoms with van der Waals surface area (Å²) in [5.41, 5.74) is 0.357. The van der Waals surface area contributed by atoms with Crippen molar-refractivity contribution < 1.29 is 9.90 Å². The first-order valence-corrected chi connectivity index (χ1v) is 6.52. The van der Waals surface area contributed by atoms with Crippen molar-refractivity contribution in [3.05, 3.63) is 28.7 Å². The van der Waals surface area contributed by atoms with E-state index in [0.29, 0.717) is 0 Å². The average Bonchev–Trinajstić information content (AvgIpc) is 2.32. The van der Waals surface area contributed by atoms with Crippen molar-refractivity contribution in [3.63, 3.8) is 0 Å². The van der Waals surface area contributed by atoms with Crippen molar-refractivity contribution >= 4 is 27.5 Å². The standard InChI is InChI=1S/C13H19BrN2O2/c1-13(2,9-17)16(3)8-12(18)15-11-6-4-10(14)5-7-11/h4-7,17H,8-9H2,1-3H3,(H,15,18). The van der Waals surface area contributed by atoms with Crippen molar-refractivity contribution in [2.24, 2.45) is 0 Å². The first-order valence-electron chi connectivity index (χ1n) is 5.72. The van der Waals surface area contributed by atoms with E-state index in [4.69, 9.17) is 0 Å². The molecule has 5 heteroatoms. The fraction of sp³-hybridized carbons (Fsp3) is 0.462. The van der Waals surface area contributed by atoms with Crippen LogP contribution in [0.5, 0.6) is 0 Å². The summed E-state index contributed by atoms with van der Waals surface area (Å²) in [6.45, 7) is 4.03. The third kappa shape index (κ3) is 4.40. The summed E-state index contributed by atoms with van der Waals surface area (Å²) >= 11 is 3.34. The Balaban J connectivity index is 2.54. The van der Waals surface area contributed by atoms with Gasteiger partial charge < -0.3 is 10.4 Å². The van der Waals surface area contributed by atoms with Gasteiger partial charge in [-0.2, -0.15) is 0 Å².